The number of aryl methyl sites for hydroxylation is 4. The Bertz CT molecular complexity index is 1320. The van der Waals surface area contributed by atoms with E-state index in [1.165, 1.54) is 22.1 Å². The summed E-state index contributed by atoms with van der Waals surface area (Å²) in [5, 5.41) is 3.61. The molecule has 1 aliphatic heterocycles. The molecule has 1 aliphatic carbocycles. The minimum Gasteiger partial charge on any atom is -0.423 e. The van der Waals surface area contributed by atoms with Crippen LogP contribution in [0.3, 0.4) is 0 Å². The van der Waals surface area contributed by atoms with Gasteiger partial charge in [0, 0.05) is 11.5 Å². The van der Waals surface area contributed by atoms with E-state index in [0.717, 1.165) is 41.3 Å². The SMILES string of the molecule is Cc1cc2oc(=O)cc(CN3C(=O)N[C@](C)(c4ccc5c(c4)CCC5)C3=O)c2cc1C. The van der Waals surface area contributed by atoms with Crippen molar-refractivity contribution in [2.75, 3.05) is 0 Å². The maximum Gasteiger partial charge on any atom is 0.336 e. The molecular weight excluding hydrogens is 392 g/mol. The predicted octanol–water partition coefficient (Wildman–Crippen LogP) is 3.87. The van der Waals surface area contributed by atoms with Crippen LogP contribution in [0, 0.1) is 13.8 Å². The third-order valence-corrected chi connectivity index (χ3v) is 6.72. The fourth-order valence-electron chi connectivity index (χ4n) is 4.70. The van der Waals surface area contributed by atoms with Crippen molar-refractivity contribution in [1.82, 2.24) is 10.2 Å². The summed E-state index contributed by atoms with van der Waals surface area (Å²) in [5.74, 6) is -0.319. The highest BCUT2D eigenvalue weighted by molar-refractivity contribution is 6.07. The van der Waals surface area contributed by atoms with E-state index >= 15 is 0 Å². The van der Waals surface area contributed by atoms with Gasteiger partial charge in [-0.25, -0.2) is 9.59 Å². The Morgan fingerprint density at radius 1 is 1.00 bits per heavy atom. The number of benzene rings is 2. The van der Waals surface area contributed by atoms with Crippen LogP contribution in [0.2, 0.25) is 0 Å². The molecule has 2 heterocycles. The number of amides is 3. The van der Waals surface area contributed by atoms with Crippen molar-refractivity contribution in [1.29, 1.82) is 0 Å². The number of fused-ring (bicyclic) bond motifs is 2. The van der Waals surface area contributed by atoms with Crippen LogP contribution in [0.4, 0.5) is 4.79 Å². The fourth-order valence-corrected chi connectivity index (χ4v) is 4.70. The molecule has 0 saturated carbocycles. The van der Waals surface area contributed by atoms with Gasteiger partial charge >= 0.3 is 11.7 Å². The number of carbonyl (C=O) groups is 2. The first-order valence-electron chi connectivity index (χ1n) is 10.6. The molecule has 6 heteroatoms. The zero-order chi connectivity index (χ0) is 21.9. The highest BCUT2D eigenvalue weighted by Gasteiger charge is 2.49. The molecule has 0 bridgehead atoms. The van der Waals surface area contributed by atoms with E-state index in [-0.39, 0.29) is 12.5 Å². The largest absolute Gasteiger partial charge is 0.423 e. The van der Waals surface area contributed by atoms with Crippen molar-refractivity contribution in [2.24, 2.45) is 0 Å². The van der Waals surface area contributed by atoms with E-state index in [1.807, 2.05) is 38.1 Å². The molecule has 3 aromatic rings. The maximum absolute atomic E-state index is 13.4. The van der Waals surface area contributed by atoms with Gasteiger partial charge < -0.3 is 9.73 Å². The molecule has 31 heavy (non-hydrogen) atoms. The Morgan fingerprint density at radius 3 is 2.55 bits per heavy atom. The van der Waals surface area contributed by atoms with E-state index in [9.17, 15) is 14.4 Å². The smallest absolute Gasteiger partial charge is 0.336 e. The van der Waals surface area contributed by atoms with Gasteiger partial charge in [0.25, 0.3) is 5.91 Å². The lowest BCUT2D eigenvalue weighted by atomic mass is 9.89. The monoisotopic (exact) mass is 416 g/mol. The molecule has 1 fully saturated rings. The lowest BCUT2D eigenvalue weighted by Gasteiger charge is -2.23. The summed E-state index contributed by atoms with van der Waals surface area (Å²) in [4.78, 5) is 39.6. The molecule has 158 valence electrons. The van der Waals surface area contributed by atoms with Gasteiger partial charge in [0.05, 0.1) is 6.54 Å². The highest BCUT2D eigenvalue weighted by atomic mass is 16.4. The number of carbonyl (C=O) groups excluding carboxylic acids is 2. The number of nitrogens with zero attached hydrogens (tertiary/aromatic N) is 1. The molecule has 1 N–H and O–H groups in total. The lowest BCUT2D eigenvalue weighted by molar-refractivity contribution is -0.131. The number of urea groups is 1. The summed E-state index contributed by atoms with van der Waals surface area (Å²) in [6.07, 6.45) is 3.17. The topological polar surface area (TPSA) is 79.6 Å². The minimum absolute atomic E-state index is 0.00972. The third-order valence-electron chi connectivity index (χ3n) is 6.72. The number of imide groups is 1. The van der Waals surface area contributed by atoms with Gasteiger partial charge in [-0.3, -0.25) is 9.69 Å². The molecule has 0 spiro atoms. The normalized spacial score (nSPS) is 20.4. The average molecular weight is 416 g/mol. The second-order valence-electron chi connectivity index (χ2n) is 8.81. The molecule has 5 rings (SSSR count). The molecule has 3 amide bonds. The fraction of sp³-hybridized carbons (Fsp3) is 0.320. The van der Waals surface area contributed by atoms with Crippen LogP contribution in [-0.2, 0) is 29.7 Å². The van der Waals surface area contributed by atoms with Crippen molar-refractivity contribution in [3.8, 4) is 0 Å². The predicted molar refractivity (Wildman–Crippen MR) is 117 cm³/mol. The van der Waals surface area contributed by atoms with E-state index in [2.05, 4.69) is 11.4 Å². The highest BCUT2D eigenvalue weighted by Crippen LogP contribution is 2.34. The summed E-state index contributed by atoms with van der Waals surface area (Å²) in [7, 11) is 0. The van der Waals surface area contributed by atoms with Gasteiger partial charge in [-0.15, -0.1) is 0 Å². The Hall–Kier alpha value is -3.41. The first-order chi connectivity index (χ1) is 14.8. The standard InChI is InChI=1S/C25H24N2O4/c1-14-9-20-18(12-22(28)31-21(20)10-15(14)2)13-27-23(29)25(3,26-24(27)30)19-8-7-16-5-4-6-17(16)11-19/h7-12H,4-6,13H2,1-3H3,(H,26,30)/t25-/m1/s1. The summed E-state index contributed by atoms with van der Waals surface area (Å²) in [5.41, 5.74) is 4.82. The minimum atomic E-state index is -1.13. The third kappa shape index (κ3) is 3.05. The Balaban J connectivity index is 1.53. The Kier molecular flexibility index (Phi) is 4.29. The van der Waals surface area contributed by atoms with Crippen molar-refractivity contribution < 1.29 is 14.0 Å². The van der Waals surface area contributed by atoms with E-state index in [4.69, 9.17) is 4.42 Å². The zero-order valence-electron chi connectivity index (χ0n) is 17.9. The number of nitrogens with one attached hydrogen (secondary N) is 1. The van der Waals surface area contributed by atoms with Crippen molar-refractivity contribution in [3.05, 3.63) is 80.2 Å². The Labute approximate surface area is 179 Å². The van der Waals surface area contributed by atoms with Crippen LogP contribution in [-0.4, -0.2) is 16.8 Å². The molecule has 0 unspecified atom stereocenters. The van der Waals surface area contributed by atoms with Crippen LogP contribution >= 0.6 is 0 Å². The molecule has 1 atom stereocenters. The van der Waals surface area contributed by atoms with Crippen LogP contribution < -0.4 is 10.9 Å². The van der Waals surface area contributed by atoms with Crippen LogP contribution in [0.15, 0.2) is 45.6 Å². The Morgan fingerprint density at radius 2 is 1.74 bits per heavy atom. The second-order valence-corrected chi connectivity index (χ2v) is 8.81. The summed E-state index contributed by atoms with van der Waals surface area (Å²) in [6, 6.07) is 10.7. The molecule has 2 aromatic carbocycles. The molecule has 0 radical (unpaired) electrons. The average Bonchev–Trinajstić information content (AvgIpc) is 3.27. The van der Waals surface area contributed by atoms with Gasteiger partial charge in [0.1, 0.15) is 11.1 Å². The van der Waals surface area contributed by atoms with Crippen LogP contribution in [0.1, 0.15) is 46.7 Å². The lowest BCUT2D eigenvalue weighted by Crippen LogP contribution is -2.41. The van der Waals surface area contributed by atoms with E-state index < -0.39 is 17.2 Å². The summed E-state index contributed by atoms with van der Waals surface area (Å²) >= 11 is 0. The van der Waals surface area contributed by atoms with Crippen LogP contribution in [0.5, 0.6) is 0 Å². The number of hydrogen-bond acceptors (Lipinski definition) is 4. The van der Waals surface area contributed by atoms with Gasteiger partial charge in [-0.2, -0.15) is 0 Å². The van der Waals surface area contributed by atoms with Gasteiger partial charge in [0.15, 0.2) is 0 Å². The second kappa shape index (κ2) is 6.80. The molecule has 1 saturated heterocycles. The molecular formula is C25H24N2O4. The first-order valence-corrected chi connectivity index (χ1v) is 10.6. The quantitative estimate of drug-likeness (QED) is 0.519. The zero-order valence-corrected chi connectivity index (χ0v) is 17.9. The van der Waals surface area contributed by atoms with Gasteiger partial charge in [-0.05, 0) is 85.5 Å². The van der Waals surface area contributed by atoms with Gasteiger partial charge in [0.2, 0.25) is 0 Å². The number of hydrogen-bond donors (Lipinski definition) is 1. The summed E-state index contributed by atoms with van der Waals surface area (Å²) in [6.45, 7) is 5.67. The molecule has 6 nitrogen and oxygen atoms in total. The van der Waals surface area contributed by atoms with Crippen molar-refractivity contribution in [2.45, 2.75) is 52.1 Å². The van der Waals surface area contributed by atoms with E-state index in [0.29, 0.717) is 11.1 Å². The first kappa shape index (κ1) is 19.5. The van der Waals surface area contributed by atoms with Crippen molar-refractivity contribution in [3.63, 3.8) is 0 Å². The van der Waals surface area contributed by atoms with E-state index in [1.54, 1.807) is 6.92 Å². The van der Waals surface area contributed by atoms with Crippen molar-refractivity contribution >= 4 is 22.9 Å². The van der Waals surface area contributed by atoms with Crippen LogP contribution in [0.25, 0.3) is 11.0 Å². The maximum atomic E-state index is 13.4. The number of rotatable bonds is 3. The summed E-state index contributed by atoms with van der Waals surface area (Å²) < 4.78 is 5.35. The van der Waals surface area contributed by atoms with Gasteiger partial charge in [-0.1, -0.05) is 18.2 Å². The molecule has 2 aliphatic rings. The molecule has 1 aromatic heterocycles.